The van der Waals surface area contributed by atoms with Crippen molar-refractivity contribution >= 4 is 38.9 Å². The zero-order chi connectivity index (χ0) is 26.7. The van der Waals surface area contributed by atoms with Gasteiger partial charge in [0.1, 0.15) is 23.9 Å². The summed E-state index contributed by atoms with van der Waals surface area (Å²) in [4.78, 5) is 20.8. The topological polar surface area (TPSA) is 115 Å². The molecular formula is C24H20ClF2N5O4S. The first-order valence-electron chi connectivity index (χ1n) is 10.6. The number of halogens is 3. The van der Waals surface area contributed by atoms with Gasteiger partial charge in [0.25, 0.3) is 5.91 Å². The quantitative estimate of drug-likeness (QED) is 0.333. The summed E-state index contributed by atoms with van der Waals surface area (Å²) in [5.74, 6) is -1.59. The lowest BCUT2D eigenvalue weighted by Crippen LogP contribution is -2.13. The number of sulfonamides is 1. The molecule has 1 amide bonds. The van der Waals surface area contributed by atoms with E-state index in [1.807, 2.05) is 0 Å². The number of aryl methyl sites for hydroxylation is 1. The smallest absolute Gasteiger partial charge is 0.257 e. The van der Waals surface area contributed by atoms with Crippen molar-refractivity contribution in [2.24, 2.45) is 7.05 Å². The van der Waals surface area contributed by atoms with Crippen molar-refractivity contribution in [1.82, 2.24) is 14.5 Å². The number of hydrogen-bond acceptors (Lipinski definition) is 6. The summed E-state index contributed by atoms with van der Waals surface area (Å²) >= 11 is 6.06. The number of hydrogen-bond donors (Lipinski definition) is 2. The predicted octanol–water partition coefficient (Wildman–Crippen LogP) is 4.62. The molecule has 3 aromatic heterocycles. The number of amides is 1. The van der Waals surface area contributed by atoms with Crippen molar-refractivity contribution < 1.29 is 26.7 Å². The van der Waals surface area contributed by atoms with Gasteiger partial charge in [-0.1, -0.05) is 11.6 Å². The van der Waals surface area contributed by atoms with Gasteiger partial charge in [0.15, 0.2) is 5.75 Å². The van der Waals surface area contributed by atoms with E-state index in [4.69, 9.17) is 16.3 Å². The van der Waals surface area contributed by atoms with Gasteiger partial charge >= 0.3 is 0 Å². The molecule has 13 heteroatoms. The van der Waals surface area contributed by atoms with E-state index in [0.717, 1.165) is 24.7 Å². The molecule has 4 rings (SSSR count). The highest BCUT2D eigenvalue weighted by Gasteiger charge is 2.18. The molecule has 0 aliphatic carbocycles. The van der Waals surface area contributed by atoms with Crippen molar-refractivity contribution in [3.63, 3.8) is 0 Å². The Labute approximate surface area is 216 Å². The second-order valence-electron chi connectivity index (χ2n) is 8.08. The number of benzene rings is 1. The van der Waals surface area contributed by atoms with Gasteiger partial charge < -0.3 is 14.6 Å². The summed E-state index contributed by atoms with van der Waals surface area (Å²) in [6.45, 7) is -0.0841. The van der Waals surface area contributed by atoms with Crippen molar-refractivity contribution in [3.8, 4) is 17.1 Å². The second-order valence-corrected chi connectivity index (χ2v) is 10.3. The molecule has 0 atom stereocenters. The van der Waals surface area contributed by atoms with Gasteiger partial charge in [-0.05, 0) is 30.3 Å². The van der Waals surface area contributed by atoms with Crippen LogP contribution in [-0.2, 0) is 23.7 Å². The molecule has 0 saturated carbocycles. The van der Waals surface area contributed by atoms with E-state index in [2.05, 4.69) is 20.0 Å². The highest BCUT2D eigenvalue weighted by molar-refractivity contribution is 7.92. The number of rotatable bonds is 8. The Bertz CT molecular complexity index is 1590. The van der Waals surface area contributed by atoms with Crippen molar-refractivity contribution in [1.29, 1.82) is 0 Å². The Morgan fingerprint density at radius 1 is 1.05 bits per heavy atom. The van der Waals surface area contributed by atoms with E-state index in [0.29, 0.717) is 11.3 Å². The average molecular weight is 548 g/mol. The van der Waals surface area contributed by atoms with Crippen LogP contribution in [0.25, 0.3) is 11.4 Å². The van der Waals surface area contributed by atoms with Crippen LogP contribution in [-0.4, -0.2) is 35.1 Å². The number of carbonyl (C=O) groups excluding carboxylic acids is 1. The standard InChI is InChI=1S/C24H20ClF2N5O4S/c1-32-12-15(24(33)30-19-5-16(25)6-20(8-19)31-37(2,34)35)4-21(32)23-22(7-18(27)11-29-23)36-13-14-3-17(26)10-28-9-14/h3-12,31H,13H2,1-2H3,(H,30,33). The maximum absolute atomic E-state index is 14.0. The van der Waals surface area contributed by atoms with Crippen LogP contribution in [0.4, 0.5) is 20.2 Å². The SMILES string of the molecule is Cn1cc(C(=O)Nc2cc(Cl)cc(NS(C)(=O)=O)c2)cc1-c1ncc(F)cc1OCc1cncc(F)c1. The van der Waals surface area contributed by atoms with E-state index < -0.39 is 27.6 Å². The molecule has 0 aliphatic rings. The Morgan fingerprint density at radius 3 is 2.51 bits per heavy atom. The molecule has 0 bridgehead atoms. The molecular weight excluding hydrogens is 528 g/mol. The van der Waals surface area contributed by atoms with Gasteiger partial charge in [0.2, 0.25) is 10.0 Å². The predicted molar refractivity (Wildman–Crippen MR) is 135 cm³/mol. The van der Waals surface area contributed by atoms with Gasteiger partial charge in [-0.2, -0.15) is 0 Å². The minimum absolute atomic E-state index is 0.0841. The zero-order valence-corrected chi connectivity index (χ0v) is 21.1. The fourth-order valence-corrected chi connectivity index (χ4v) is 4.26. The summed E-state index contributed by atoms with van der Waals surface area (Å²) in [6.07, 6.45) is 6.03. The number of nitrogens with one attached hydrogen (secondary N) is 2. The Kier molecular flexibility index (Phi) is 7.41. The summed E-state index contributed by atoms with van der Waals surface area (Å²) in [7, 11) is -1.88. The van der Waals surface area contributed by atoms with Crippen molar-refractivity contribution in [2.75, 3.05) is 16.3 Å². The number of carbonyl (C=O) groups is 1. The van der Waals surface area contributed by atoms with Gasteiger partial charge in [-0.3, -0.25) is 14.5 Å². The van der Waals surface area contributed by atoms with Crippen LogP contribution in [0.1, 0.15) is 15.9 Å². The first kappa shape index (κ1) is 26.0. The molecule has 4 aromatic rings. The Hall–Kier alpha value is -4.03. The lowest BCUT2D eigenvalue weighted by Gasteiger charge is -2.11. The van der Waals surface area contributed by atoms with Crippen LogP contribution in [0.15, 0.2) is 61.2 Å². The van der Waals surface area contributed by atoms with Crippen LogP contribution in [0.5, 0.6) is 5.75 Å². The number of anilines is 2. The van der Waals surface area contributed by atoms with E-state index in [1.165, 1.54) is 42.7 Å². The third-order valence-corrected chi connectivity index (χ3v) is 5.77. The molecule has 9 nitrogen and oxygen atoms in total. The summed E-state index contributed by atoms with van der Waals surface area (Å²) in [5, 5.41) is 2.88. The van der Waals surface area contributed by atoms with Crippen LogP contribution in [0.2, 0.25) is 5.02 Å². The summed E-state index contributed by atoms with van der Waals surface area (Å²) < 4.78 is 60.1. The third kappa shape index (κ3) is 6.80. The molecule has 2 N–H and O–H groups in total. The van der Waals surface area contributed by atoms with Crippen LogP contribution in [0.3, 0.4) is 0 Å². The highest BCUT2D eigenvalue weighted by atomic mass is 35.5. The first-order valence-corrected chi connectivity index (χ1v) is 12.9. The molecule has 0 spiro atoms. The van der Waals surface area contributed by atoms with Crippen molar-refractivity contribution in [2.45, 2.75) is 6.61 Å². The Balaban J connectivity index is 1.58. The van der Waals surface area contributed by atoms with Gasteiger partial charge in [-0.15, -0.1) is 0 Å². The van der Waals surface area contributed by atoms with E-state index in [1.54, 1.807) is 11.6 Å². The number of pyridine rings is 2. The fourth-order valence-electron chi connectivity index (χ4n) is 3.48. The number of ether oxygens (including phenoxy) is 1. The lowest BCUT2D eigenvalue weighted by molar-refractivity contribution is 0.102. The molecule has 1 aromatic carbocycles. The molecule has 3 heterocycles. The molecule has 0 radical (unpaired) electrons. The highest BCUT2D eigenvalue weighted by Crippen LogP contribution is 2.31. The van der Waals surface area contributed by atoms with Gasteiger partial charge in [0, 0.05) is 41.8 Å². The monoisotopic (exact) mass is 547 g/mol. The third-order valence-electron chi connectivity index (χ3n) is 4.94. The van der Waals surface area contributed by atoms with E-state index in [9.17, 15) is 22.0 Å². The maximum Gasteiger partial charge on any atom is 0.257 e. The fraction of sp³-hybridized carbons (Fsp3) is 0.125. The largest absolute Gasteiger partial charge is 0.486 e. The van der Waals surface area contributed by atoms with Crippen LogP contribution < -0.4 is 14.8 Å². The van der Waals surface area contributed by atoms with Gasteiger partial charge in [0.05, 0.1) is 35.6 Å². The Morgan fingerprint density at radius 2 is 1.78 bits per heavy atom. The molecule has 0 unspecified atom stereocenters. The van der Waals surface area contributed by atoms with Crippen LogP contribution in [0, 0.1) is 11.6 Å². The normalized spacial score (nSPS) is 11.3. The second kappa shape index (κ2) is 10.5. The van der Waals surface area contributed by atoms with Crippen LogP contribution >= 0.6 is 11.6 Å². The number of nitrogens with zero attached hydrogens (tertiary/aromatic N) is 3. The van der Waals surface area contributed by atoms with Gasteiger partial charge in [-0.25, -0.2) is 22.2 Å². The maximum atomic E-state index is 14.0. The average Bonchev–Trinajstić information content (AvgIpc) is 3.18. The minimum atomic E-state index is -3.55. The minimum Gasteiger partial charge on any atom is -0.486 e. The van der Waals surface area contributed by atoms with E-state index in [-0.39, 0.29) is 40.0 Å². The number of aromatic nitrogens is 3. The first-order chi connectivity index (χ1) is 17.5. The lowest BCUT2D eigenvalue weighted by atomic mass is 10.2. The molecule has 37 heavy (non-hydrogen) atoms. The summed E-state index contributed by atoms with van der Waals surface area (Å²) in [5.41, 5.74) is 1.83. The summed E-state index contributed by atoms with van der Waals surface area (Å²) in [6, 6.07) is 8.21. The zero-order valence-electron chi connectivity index (χ0n) is 19.5. The molecule has 0 saturated heterocycles. The van der Waals surface area contributed by atoms with E-state index >= 15 is 0 Å². The molecule has 0 fully saturated rings. The molecule has 192 valence electrons. The van der Waals surface area contributed by atoms with Crippen molar-refractivity contribution in [3.05, 3.63) is 89.0 Å². The molecule has 0 aliphatic heterocycles.